The Morgan fingerprint density at radius 1 is 1.53 bits per heavy atom. The molecule has 1 rings (SSSR count). The second-order valence-electron chi connectivity index (χ2n) is 3.54. The molecule has 3 nitrogen and oxygen atoms in total. The van der Waals surface area contributed by atoms with Gasteiger partial charge in [0, 0.05) is 12.6 Å². The van der Waals surface area contributed by atoms with E-state index in [0.29, 0.717) is 5.92 Å². The molecule has 1 atom stereocenters. The number of amides is 1. The topological polar surface area (TPSA) is 55.1 Å². The Morgan fingerprint density at radius 3 is 2.60 bits per heavy atom. The van der Waals surface area contributed by atoms with Crippen LogP contribution in [0.3, 0.4) is 0 Å². The van der Waals surface area contributed by atoms with E-state index in [1.54, 1.807) is 0 Å². The number of rotatable bonds is 5. The number of alkyl halides is 3. The summed E-state index contributed by atoms with van der Waals surface area (Å²) in [6.07, 6.45) is 2.10. The van der Waals surface area contributed by atoms with Crippen LogP contribution in [0.2, 0.25) is 0 Å². The molecule has 0 aromatic rings. The maximum absolute atomic E-state index is 11.7. The lowest BCUT2D eigenvalue weighted by Gasteiger charge is -2.11. The number of carbonyl (C=O) groups excluding carboxylic acids is 1. The van der Waals surface area contributed by atoms with Crippen molar-refractivity contribution in [3.05, 3.63) is 0 Å². The van der Waals surface area contributed by atoms with E-state index in [9.17, 15) is 18.0 Å². The van der Waals surface area contributed by atoms with Crippen LogP contribution < -0.4 is 11.1 Å². The molecule has 1 aliphatic carbocycles. The highest BCUT2D eigenvalue weighted by Crippen LogP contribution is 2.31. The first-order chi connectivity index (χ1) is 6.88. The number of nitrogens with two attached hydrogens (primary N) is 1. The minimum absolute atomic E-state index is 0.121. The molecule has 3 N–H and O–H groups in total. The van der Waals surface area contributed by atoms with E-state index in [0.717, 1.165) is 12.8 Å². The van der Waals surface area contributed by atoms with Gasteiger partial charge in [0.1, 0.15) is 0 Å². The number of carbonyl (C=O) groups is 1. The van der Waals surface area contributed by atoms with Gasteiger partial charge in [-0.15, -0.1) is 0 Å². The summed E-state index contributed by atoms with van der Waals surface area (Å²) in [7, 11) is 0. The van der Waals surface area contributed by atoms with Crippen molar-refractivity contribution < 1.29 is 18.0 Å². The van der Waals surface area contributed by atoms with Crippen LogP contribution in [0.1, 0.15) is 12.8 Å². The zero-order valence-electron chi connectivity index (χ0n) is 8.01. The Bertz CT molecular complexity index is 230. The minimum Gasteiger partial charge on any atom is -0.354 e. The third kappa shape index (κ3) is 5.88. The van der Waals surface area contributed by atoms with Crippen LogP contribution >= 0.6 is 11.8 Å². The molecule has 1 aliphatic rings. The van der Waals surface area contributed by atoms with Gasteiger partial charge in [0.05, 0.1) is 5.75 Å². The van der Waals surface area contributed by atoms with E-state index in [-0.39, 0.29) is 24.3 Å². The summed E-state index contributed by atoms with van der Waals surface area (Å²) in [6.45, 7) is 0.266. The fourth-order valence-electron chi connectivity index (χ4n) is 1.12. The molecule has 0 spiro atoms. The van der Waals surface area contributed by atoms with Crippen LogP contribution in [0.5, 0.6) is 0 Å². The van der Waals surface area contributed by atoms with E-state index in [1.807, 2.05) is 0 Å². The molecule has 0 heterocycles. The SMILES string of the molecule is NC(CNC(=O)CSC(F)(F)F)C1CC1. The average Bonchev–Trinajstić information content (AvgIpc) is 2.92. The Hall–Kier alpha value is -0.430. The summed E-state index contributed by atoms with van der Waals surface area (Å²) in [4.78, 5) is 10.9. The average molecular weight is 242 g/mol. The van der Waals surface area contributed by atoms with E-state index in [2.05, 4.69) is 5.32 Å². The number of halogens is 3. The third-order valence-electron chi connectivity index (χ3n) is 2.13. The summed E-state index contributed by atoms with van der Waals surface area (Å²) < 4.78 is 35.1. The molecule has 1 fully saturated rings. The highest BCUT2D eigenvalue weighted by Gasteiger charge is 2.30. The number of nitrogens with one attached hydrogen (secondary N) is 1. The highest BCUT2D eigenvalue weighted by atomic mass is 32.2. The number of hydrogen-bond acceptors (Lipinski definition) is 3. The van der Waals surface area contributed by atoms with E-state index < -0.39 is 17.2 Å². The van der Waals surface area contributed by atoms with Crippen LogP contribution in [0.25, 0.3) is 0 Å². The molecule has 1 saturated carbocycles. The van der Waals surface area contributed by atoms with Crippen molar-refractivity contribution in [1.29, 1.82) is 0 Å². The van der Waals surface area contributed by atoms with Gasteiger partial charge >= 0.3 is 5.51 Å². The smallest absolute Gasteiger partial charge is 0.354 e. The highest BCUT2D eigenvalue weighted by molar-refractivity contribution is 8.00. The molecule has 88 valence electrons. The molecule has 0 radical (unpaired) electrons. The standard InChI is InChI=1S/C8H13F3N2OS/c9-8(10,11)15-4-7(14)13-3-6(12)5-1-2-5/h5-6H,1-4,12H2,(H,13,14). The molecule has 7 heteroatoms. The lowest BCUT2D eigenvalue weighted by molar-refractivity contribution is -0.118. The summed E-state index contributed by atoms with van der Waals surface area (Å²) >= 11 is -0.335. The normalized spacial score (nSPS) is 18.7. The van der Waals surface area contributed by atoms with Crippen molar-refractivity contribution >= 4 is 17.7 Å². The molecule has 0 aromatic carbocycles. The lowest BCUT2D eigenvalue weighted by Crippen LogP contribution is -2.39. The van der Waals surface area contributed by atoms with Gasteiger partial charge in [-0.2, -0.15) is 13.2 Å². The van der Waals surface area contributed by atoms with Crippen molar-refractivity contribution in [2.75, 3.05) is 12.3 Å². The Kier molecular flexibility index (Phi) is 4.27. The van der Waals surface area contributed by atoms with E-state index in [1.165, 1.54) is 0 Å². The second-order valence-corrected chi connectivity index (χ2v) is 4.58. The Balaban J connectivity index is 2.07. The molecule has 0 saturated heterocycles. The van der Waals surface area contributed by atoms with Gasteiger partial charge in [-0.25, -0.2) is 0 Å². The van der Waals surface area contributed by atoms with Crippen LogP contribution in [0.4, 0.5) is 13.2 Å². The maximum atomic E-state index is 11.7. The van der Waals surface area contributed by atoms with Crippen LogP contribution in [0.15, 0.2) is 0 Å². The largest absolute Gasteiger partial charge is 0.442 e. The fourth-order valence-corrected chi connectivity index (χ4v) is 1.52. The summed E-state index contributed by atoms with van der Waals surface area (Å²) in [5.41, 5.74) is 1.31. The Morgan fingerprint density at radius 2 is 2.13 bits per heavy atom. The van der Waals surface area contributed by atoms with Crippen molar-refractivity contribution in [2.24, 2.45) is 11.7 Å². The molecule has 1 unspecified atom stereocenters. The second kappa shape index (κ2) is 5.07. The van der Waals surface area contributed by atoms with Crippen molar-refractivity contribution in [1.82, 2.24) is 5.32 Å². The van der Waals surface area contributed by atoms with Gasteiger partial charge in [0.2, 0.25) is 5.91 Å². The van der Waals surface area contributed by atoms with Gasteiger partial charge in [0.15, 0.2) is 0 Å². The third-order valence-corrected chi connectivity index (χ3v) is 2.86. The first-order valence-electron chi connectivity index (χ1n) is 4.61. The van der Waals surface area contributed by atoms with Gasteiger partial charge in [-0.05, 0) is 30.5 Å². The molecular formula is C8H13F3N2OS. The Labute approximate surface area is 90.0 Å². The number of hydrogen-bond donors (Lipinski definition) is 2. The van der Waals surface area contributed by atoms with Gasteiger partial charge in [0.25, 0.3) is 0 Å². The predicted molar refractivity (Wildman–Crippen MR) is 52.2 cm³/mol. The number of thioether (sulfide) groups is 1. The molecule has 15 heavy (non-hydrogen) atoms. The summed E-state index contributed by atoms with van der Waals surface area (Å²) in [6, 6.07) is -0.121. The molecule has 0 aliphatic heterocycles. The van der Waals surface area contributed by atoms with Gasteiger partial charge in [-0.1, -0.05) is 0 Å². The van der Waals surface area contributed by atoms with Gasteiger partial charge < -0.3 is 11.1 Å². The maximum Gasteiger partial charge on any atom is 0.442 e. The molecule has 0 aromatic heterocycles. The monoisotopic (exact) mass is 242 g/mol. The van der Waals surface area contributed by atoms with Crippen LogP contribution in [0, 0.1) is 5.92 Å². The van der Waals surface area contributed by atoms with Crippen LogP contribution in [-0.4, -0.2) is 29.8 Å². The minimum atomic E-state index is -4.35. The fraction of sp³-hybridized carbons (Fsp3) is 0.875. The molecule has 0 bridgehead atoms. The predicted octanol–water partition coefficient (Wildman–Crippen LogP) is 1.09. The zero-order chi connectivity index (χ0) is 11.5. The van der Waals surface area contributed by atoms with Crippen molar-refractivity contribution in [3.8, 4) is 0 Å². The van der Waals surface area contributed by atoms with Crippen molar-refractivity contribution in [2.45, 2.75) is 24.4 Å². The quantitative estimate of drug-likeness (QED) is 0.759. The van der Waals surface area contributed by atoms with Gasteiger partial charge in [-0.3, -0.25) is 4.79 Å². The lowest BCUT2D eigenvalue weighted by atomic mass is 10.2. The van der Waals surface area contributed by atoms with E-state index in [4.69, 9.17) is 5.73 Å². The zero-order valence-corrected chi connectivity index (χ0v) is 8.83. The summed E-state index contributed by atoms with van der Waals surface area (Å²) in [5.74, 6) is -0.782. The van der Waals surface area contributed by atoms with Crippen LogP contribution in [-0.2, 0) is 4.79 Å². The molecular weight excluding hydrogens is 229 g/mol. The van der Waals surface area contributed by atoms with E-state index >= 15 is 0 Å². The first kappa shape index (κ1) is 12.6. The molecule has 1 amide bonds. The summed E-state index contributed by atoms with van der Waals surface area (Å²) in [5, 5.41) is 2.39. The first-order valence-corrected chi connectivity index (χ1v) is 5.60. The van der Waals surface area contributed by atoms with Crippen molar-refractivity contribution in [3.63, 3.8) is 0 Å².